The van der Waals surface area contributed by atoms with Gasteiger partial charge in [0.15, 0.2) is 0 Å². The number of hydrogen-bond donors (Lipinski definition) is 1. The van der Waals surface area contributed by atoms with Crippen LogP contribution in [0.2, 0.25) is 0 Å². The Balaban J connectivity index is 1.44. The van der Waals surface area contributed by atoms with E-state index >= 15 is 0 Å². The van der Waals surface area contributed by atoms with Crippen LogP contribution in [0.15, 0.2) is 22.8 Å². The van der Waals surface area contributed by atoms with Gasteiger partial charge in [0.2, 0.25) is 0 Å². The van der Waals surface area contributed by atoms with Crippen molar-refractivity contribution >= 4 is 10.2 Å². The third-order valence-corrected chi connectivity index (χ3v) is 5.92. The van der Waals surface area contributed by atoms with Crippen molar-refractivity contribution in [3.8, 4) is 0 Å². The molecule has 0 unspecified atom stereocenters. The summed E-state index contributed by atoms with van der Waals surface area (Å²) in [5.41, 5.74) is 0. The zero-order chi connectivity index (χ0) is 16.1. The van der Waals surface area contributed by atoms with E-state index in [1.165, 1.54) is 4.31 Å². The van der Waals surface area contributed by atoms with Gasteiger partial charge in [-0.3, -0.25) is 0 Å². The van der Waals surface area contributed by atoms with E-state index < -0.39 is 10.2 Å². The second kappa shape index (κ2) is 7.76. The summed E-state index contributed by atoms with van der Waals surface area (Å²) < 4.78 is 45.2. The molecule has 1 N–H and O–H groups in total. The third-order valence-electron chi connectivity index (χ3n) is 4.29. The smallest absolute Gasteiger partial charge is 0.280 e. The fourth-order valence-electron chi connectivity index (χ4n) is 3.08. The molecule has 2 fully saturated rings. The molecule has 0 saturated carbocycles. The molecule has 3 rings (SSSR count). The van der Waals surface area contributed by atoms with Gasteiger partial charge in [-0.25, -0.2) is 0 Å². The number of furan rings is 1. The maximum atomic E-state index is 12.5. The van der Waals surface area contributed by atoms with E-state index in [1.807, 2.05) is 6.07 Å². The van der Waals surface area contributed by atoms with Gasteiger partial charge in [-0.2, -0.15) is 17.4 Å². The zero-order valence-electron chi connectivity index (χ0n) is 13.1. The van der Waals surface area contributed by atoms with E-state index in [0.29, 0.717) is 31.4 Å². The fraction of sp³-hybridized carbons (Fsp3) is 0.733. The topological polar surface area (TPSA) is 81.0 Å². The second-order valence-electron chi connectivity index (χ2n) is 5.99. The summed E-state index contributed by atoms with van der Waals surface area (Å²) in [4.78, 5) is 0. The van der Waals surface area contributed by atoms with Crippen molar-refractivity contribution in [2.75, 3.05) is 39.5 Å². The molecular formula is C15H24N2O5S. The average Bonchev–Trinajstić information content (AvgIpc) is 3.27. The molecule has 8 heteroatoms. The van der Waals surface area contributed by atoms with Crippen LogP contribution in [0.4, 0.5) is 0 Å². The van der Waals surface area contributed by atoms with Crippen molar-refractivity contribution < 1.29 is 22.3 Å². The van der Waals surface area contributed by atoms with Crippen molar-refractivity contribution in [1.82, 2.24) is 9.03 Å². The molecule has 2 aliphatic rings. The minimum atomic E-state index is -3.52. The normalized spacial score (nSPS) is 26.1. The Kier molecular flexibility index (Phi) is 5.71. The average molecular weight is 344 g/mol. The van der Waals surface area contributed by atoms with E-state index in [4.69, 9.17) is 13.9 Å². The Hall–Kier alpha value is -0.930. The summed E-state index contributed by atoms with van der Waals surface area (Å²) in [6.07, 6.45) is 4.22. The predicted octanol–water partition coefficient (Wildman–Crippen LogP) is 1.30. The van der Waals surface area contributed by atoms with E-state index in [9.17, 15) is 8.42 Å². The van der Waals surface area contributed by atoms with E-state index in [1.54, 1.807) is 12.3 Å². The number of rotatable bonds is 8. The number of nitrogens with one attached hydrogen (secondary N) is 1. The molecule has 2 aliphatic heterocycles. The zero-order valence-corrected chi connectivity index (χ0v) is 14.0. The Morgan fingerprint density at radius 2 is 2.30 bits per heavy atom. The lowest BCUT2D eigenvalue weighted by atomic mass is 10.1. The fourth-order valence-corrected chi connectivity index (χ4v) is 4.50. The largest absolute Gasteiger partial charge is 0.468 e. The van der Waals surface area contributed by atoms with Crippen molar-refractivity contribution in [1.29, 1.82) is 0 Å². The summed E-state index contributed by atoms with van der Waals surface area (Å²) in [6, 6.07) is 3.40. The third kappa shape index (κ3) is 4.33. The van der Waals surface area contributed by atoms with Crippen LogP contribution >= 0.6 is 0 Å². The Labute approximate surface area is 137 Å². The molecule has 0 aromatic carbocycles. The van der Waals surface area contributed by atoms with Crippen molar-refractivity contribution in [2.24, 2.45) is 5.92 Å². The molecule has 7 nitrogen and oxygen atoms in total. The van der Waals surface area contributed by atoms with Crippen LogP contribution in [0.5, 0.6) is 0 Å². The lowest BCUT2D eigenvalue weighted by Crippen LogP contribution is -2.41. The lowest BCUT2D eigenvalue weighted by Gasteiger charge is -2.22. The minimum Gasteiger partial charge on any atom is -0.468 e. The van der Waals surface area contributed by atoms with Crippen LogP contribution in [-0.4, -0.2) is 52.2 Å². The molecule has 23 heavy (non-hydrogen) atoms. The van der Waals surface area contributed by atoms with Crippen LogP contribution in [0.25, 0.3) is 0 Å². The minimum absolute atomic E-state index is 0.209. The Morgan fingerprint density at radius 3 is 3.04 bits per heavy atom. The van der Waals surface area contributed by atoms with Crippen LogP contribution < -0.4 is 4.72 Å². The first kappa shape index (κ1) is 16.9. The maximum absolute atomic E-state index is 12.5. The molecule has 0 aliphatic carbocycles. The van der Waals surface area contributed by atoms with Gasteiger partial charge in [0.05, 0.1) is 32.1 Å². The molecule has 1 aromatic rings. The van der Waals surface area contributed by atoms with Crippen LogP contribution in [0.1, 0.15) is 31.1 Å². The summed E-state index contributed by atoms with van der Waals surface area (Å²) in [5.74, 6) is 1.14. The molecule has 0 bridgehead atoms. The number of hydrogen-bond acceptors (Lipinski definition) is 5. The molecule has 1 aromatic heterocycles. The summed E-state index contributed by atoms with van der Waals surface area (Å²) in [7, 11) is -3.52. The molecule has 3 heterocycles. The highest BCUT2D eigenvalue weighted by atomic mass is 32.2. The van der Waals surface area contributed by atoms with Gasteiger partial charge in [-0.05, 0) is 31.4 Å². The van der Waals surface area contributed by atoms with Gasteiger partial charge in [-0.1, -0.05) is 0 Å². The first-order chi connectivity index (χ1) is 11.2. The van der Waals surface area contributed by atoms with Gasteiger partial charge < -0.3 is 13.9 Å². The standard InChI is InChI=1S/C15H24N2O5S/c18-23(19,16-6-10-21-12-13-5-9-20-11-13)17-7-1-3-14(17)15-4-2-8-22-15/h2,4,8,13-14,16H,1,3,5-7,9-12H2/t13-,14+/m0/s1. The van der Waals surface area contributed by atoms with Gasteiger partial charge in [0.25, 0.3) is 10.2 Å². The van der Waals surface area contributed by atoms with Crippen molar-refractivity contribution in [2.45, 2.75) is 25.3 Å². The predicted molar refractivity (Wildman–Crippen MR) is 84.1 cm³/mol. The molecule has 2 atom stereocenters. The quantitative estimate of drug-likeness (QED) is 0.719. The van der Waals surface area contributed by atoms with Gasteiger partial charge in [0, 0.05) is 25.6 Å². The van der Waals surface area contributed by atoms with Gasteiger partial charge >= 0.3 is 0 Å². The number of ether oxygens (including phenoxy) is 2. The summed E-state index contributed by atoms with van der Waals surface area (Å²) >= 11 is 0. The highest BCUT2D eigenvalue weighted by molar-refractivity contribution is 7.87. The Morgan fingerprint density at radius 1 is 1.39 bits per heavy atom. The van der Waals surface area contributed by atoms with Crippen molar-refractivity contribution in [3.63, 3.8) is 0 Å². The summed E-state index contributed by atoms with van der Waals surface area (Å²) in [5, 5.41) is 0. The highest BCUT2D eigenvalue weighted by Crippen LogP contribution is 2.33. The lowest BCUT2D eigenvalue weighted by molar-refractivity contribution is 0.0933. The second-order valence-corrected chi connectivity index (χ2v) is 7.70. The molecule has 0 radical (unpaired) electrons. The number of nitrogens with zero attached hydrogens (tertiary/aromatic N) is 1. The van der Waals surface area contributed by atoms with Gasteiger partial charge in [0.1, 0.15) is 5.76 Å². The maximum Gasteiger partial charge on any atom is 0.280 e. The van der Waals surface area contributed by atoms with E-state index in [0.717, 1.165) is 32.5 Å². The molecule has 0 spiro atoms. The van der Waals surface area contributed by atoms with Crippen LogP contribution in [0, 0.1) is 5.92 Å². The monoisotopic (exact) mass is 344 g/mol. The van der Waals surface area contributed by atoms with Crippen molar-refractivity contribution in [3.05, 3.63) is 24.2 Å². The highest BCUT2D eigenvalue weighted by Gasteiger charge is 2.36. The SMILES string of the molecule is O=S(=O)(NCCOC[C@H]1CCOC1)N1CCC[C@@H]1c1ccco1. The molecular weight excluding hydrogens is 320 g/mol. The first-order valence-electron chi connectivity index (χ1n) is 8.12. The first-order valence-corrected chi connectivity index (χ1v) is 9.56. The Bertz CT molecular complexity index is 569. The van der Waals surface area contributed by atoms with Gasteiger partial charge in [-0.15, -0.1) is 0 Å². The summed E-state index contributed by atoms with van der Waals surface area (Å²) in [6.45, 7) is 3.32. The van der Waals surface area contributed by atoms with Crippen LogP contribution in [-0.2, 0) is 19.7 Å². The molecule has 0 amide bonds. The van der Waals surface area contributed by atoms with Crippen LogP contribution in [0.3, 0.4) is 0 Å². The molecule has 130 valence electrons. The van der Waals surface area contributed by atoms with E-state index in [-0.39, 0.29) is 12.6 Å². The molecule has 2 saturated heterocycles. The van der Waals surface area contributed by atoms with E-state index in [2.05, 4.69) is 4.72 Å².